The SMILES string of the molecule is C[C@H](c1ccccc1)N(C(=O)OCc1ccccc1)C1CC(F)(F)CC1NS(=O)(=O)C(C)(C)C. The summed E-state index contributed by atoms with van der Waals surface area (Å²) in [4.78, 5) is 14.6. The predicted molar refractivity (Wildman–Crippen MR) is 127 cm³/mol. The molecule has 0 heterocycles. The highest BCUT2D eigenvalue weighted by Gasteiger charge is 2.53. The molecule has 6 nitrogen and oxygen atoms in total. The van der Waals surface area contributed by atoms with Gasteiger partial charge < -0.3 is 4.74 Å². The van der Waals surface area contributed by atoms with Gasteiger partial charge in [0.2, 0.25) is 10.0 Å². The molecule has 1 aliphatic carbocycles. The molecular formula is C25H32F2N2O4S. The van der Waals surface area contributed by atoms with E-state index in [9.17, 15) is 22.0 Å². The second-order valence-corrected chi connectivity index (χ2v) is 12.2. The van der Waals surface area contributed by atoms with Gasteiger partial charge in [0.25, 0.3) is 5.92 Å². The third kappa shape index (κ3) is 6.13. The number of halogens is 2. The van der Waals surface area contributed by atoms with Gasteiger partial charge in [0.1, 0.15) is 6.61 Å². The number of alkyl halides is 2. The zero-order valence-electron chi connectivity index (χ0n) is 19.9. The summed E-state index contributed by atoms with van der Waals surface area (Å²) >= 11 is 0. The fourth-order valence-corrected chi connectivity index (χ4v) is 5.04. The fraction of sp³-hybridized carbons (Fsp3) is 0.480. The Hall–Kier alpha value is -2.52. The maximum absolute atomic E-state index is 14.6. The van der Waals surface area contributed by atoms with Gasteiger partial charge >= 0.3 is 6.09 Å². The standard InChI is InChI=1S/C25H32F2N2O4S/c1-18(20-13-9-6-10-14-20)29(23(30)33-17-19-11-7-5-8-12-19)22-16-25(26,27)15-21(22)28-34(31,32)24(2,3)4/h5-14,18,21-22,28H,15-17H2,1-4H3/t18-,21?,22?/m1/s1. The van der Waals surface area contributed by atoms with Crippen molar-refractivity contribution >= 4 is 16.1 Å². The number of carbonyl (C=O) groups is 1. The zero-order valence-corrected chi connectivity index (χ0v) is 20.7. The first-order chi connectivity index (χ1) is 15.8. The van der Waals surface area contributed by atoms with Crippen molar-refractivity contribution in [3.05, 3.63) is 71.8 Å². The van der Waals surface area contributed by atoms with E-state index in [1.807, 2.05) is 24.3 Å². The van der Waals surface area contributed by atoms with Gasteiger partial charge in [-0.05, 0) is 38.8 Å². The molecule has 1 amide bonds. The number of benzene rings is 2. The van der Waals surface area contributed by atoms with E-state index in [1.54, 1.807) is 43.3 Å². The molecule has 0 aliphatic heterocycles. The van der Waals surface area contributed by atoms with Crippen LogP contribution in [0.2, 0.25) is 0 Å². The van der Waals surface area contributed by atoms with Crippen LogP contribution >= 0.6 is 0 Å². The molecule has 0 saturated heterocycles. The maximum atomic E-state index is 14.6. The van der Waals surface area contributed by atoms with Crippen molar-refractivity contribution in [2.45, 2.75) is 75.9 Å². The number of hydrogen-bond acceptors (Lipinski definition) is 4. The minimum atomic E-state index is -3.93. The summed E-state index contributed by atoms with van der Waals surface area (Å²) in [5.74, 6) is -3.13. The number of hydrogen-bond donors (Lipinski definition) is 1. The number of rotatable bonds is 7. The number of amides is 1. The maximum Gasteiger partial charge on any atom is 0.410 e. The van der Waals surface area contributed by atoms with Crippen molar-refractivity contribution in [3.8, 4) is 0 Å². The van der Waals surface area contributed by atoms with Crippen LogP contribution in [-0.4, -0.2) is 42.2 Å². The molecule has 3 rings (SSSR count). The van der Waals surface area contributed by atoms with E-state index in [2.05, 4.69) is 4.72 Å². The Labute approximate surface area is 200 Å². The van der Waals surface area contributed by atoms with Gasteiger partial charge in [-0.1, -0.05) is 60.7 Å². The molecule has 1 fully saturated rings. The summed E-state index contributed by atoms with van der Waals surface area (Å²) < 4.78 is 61.7. The lowest BCUT2D eigenvalue weighted by molar-refractivity contribution is -0.00284. The topological polar surface area (TPSA) is 75.7 Å². The van der Waals surface area contributed by atoms with Crippen LogP contribution in [0.3, 0.4) is 0 Å². The molecule has 2 aromatic rings. The van der Waals surface area contributed by atoms with Gasteiger partial charge in [-0.3, -0.25) is 4.90 Å². The van der Waals surface area contributed by atoms with E-state index in [-0.39, 0.29) is 6.61 Å². The summed E-state index contributed by atoms with van der Waals surface area (Å²) in [5, 5.41) is 0. The van der Waals surface area contributed by atoms with Gasteiger partial charge in [0.15, 0.2) is 0 Å². The van der Waals surface area contributed by atoms with Crippen LogP contribution in [0.25, 0.3) is 0 Å². The van der Waals surface area contributed by atoms with Crippen LogP contribution in [-0.2, 0) is 21.4 Å². The number of nitrogens with one attached hydrogen (secondary N) is 1. The molecule has 0 aromatic heterocycles. The zero-order chi connectivity index (χ0) is 25.1. The minimum absolute atomic E-state index is 0.0286. The summed E-state index contributed by atoms with van der Waals surface area (Å²) in [6.07, 6.45) is -2.14. The number of ether oxygens (including phenoxy) is 1. The molecule has 34 heavy (non-hydrogen) atoms. The first-order valence-electron chi connectivity index (χ1n) is 11.2. The average Bonchev–Trinajstić information content (AvgIpc) is 3.05. The highest BCUT2D eigenvalue weighted by Crippen LogP contribution is 2.41. The molecule has 0 spiro atoms. The van der Waals surface area contributed by atoms with E-state index in [0.717, 1.165) is 11.1 Å². The van der Waals surface area contributed by atoms with E-state index >= 15 is 0 Å². The molecule has 1 aliphatic rings. The first-order valence-corrected chi connectivity index (χ1v) is 12.7. The van der Waals surface area contributed by atoms with Crippen molar-refractivity contribution in [2.24, 2.45) is 0 Å². The lowest BCUT2D eigenvalue weighted by Gasteiger charge is -2.37. The average molecular weight is 495 g/mol. The third-order valence-electron chi connectivity index (χ3n) is 6.08. The monoisotopic (exact) mass is 494 g/mol. The smallest absolute Gasteiger partial charge is 0.410 e. The molecule has 1 N–H and O–H groups in total. The van der Waals surface area contributed by atoms with Gasteiger partial charge in [0, 0.05) is 18.9 Å². The summed E-state index contributed by atoms with van der Waals surface area (Å²) in [7, 11) is -3.93. The molecule has 2 aromatic carbocycles. The van der Waals surface area contributed by atoms with E-state index < -0.39 is 57.8 Å². The molecule has 0 bridgehead atoms. The Kier molecular flexibility index (Phi) is 7.67. The summed E-state index contributed by atoms with van der Waals surface area (Å²) in [5.41, 5.74) is 1.48. The van der Waals surface area contributed by atoms with E-state index in [4.69, 9.17) is 4.74 Å². The third-order valence-corrected chi connectivity index (χ3v) is 8.30. The molecule has 0 radical (unpaired) electrons. The van der Waals surface area contributed by atoms with Gasteiger partial charge in [-0.15, -0.1) is 0 Å². The molecule has 186 valence electrons. The normalized spacial score (nSPS) is 21.1. The van der Waals surface area contributed by atoms with Crippen LogP contribution < -0.4 is 4.72 Å². The Balaban J connectivity index is 1.94. The van der Waals surface area contributed by atoms with Gasteiger partial charge in [0.05, 0.1) is 16.8 Å². The minimum Gasteiger partial charge on any atom is -0.445 e. The highest BCUT2D eigenvalue weighted by molar-refractivity contribution is 7.90. The second kappa shape index (κ2) is 10.00. The Bertz CT molecular complexity index is 1070. The molecule has 2 unspecified atom stereocenters. The number of nitrogens with zero attached hydrogens (tertiary/aromatic N) is 1. The molecule has 3 atom stereocenters. The number of carbonyl (C=O) groups excluding carboxylic acids is 1. The molecule has 1 saturated carbocycles. The highest BCUT2D eigenvalue weighted by atomic mass is 32.2. The quantitative estimate of drug-likeness (QED) is 0.569. The van der Waals surface area contributed by atoms with E-state index in [1.165, 1.54) is 25.7 Å². The van der Waals surface area contributed by atoms with Gasteiger partial charge in [-0.2, -0.15) is 0 Å². The van der Waals surface area contributed by atoms with Crippen LogP contribution in [0, 0.1) is 0 Å². The van der Waals surface area contributed by atoms with Crippen LogP contribution in [0.4, 0.5) is 13.6 Å². The lowest BCUT2D eigenvalue weighted by atomic mass is 10.0. The van der Waals surface area contributed by atoms with Crippen LogP contribution in [0.5, 0.6) is 0 Å². The predicted octanol–water partition coefficient (Wildman–Crippen LogP) is 5.27. The Morgan fingerprint density at radius 3 is 2.21 bits per heavy atom. The van der Waals surface area contributed by atoms with Crippen LogP contribution in [0.15, 0.2) is 60.7 Å². The Morgan fingerprint density at radius 1 is 1.09 bits per heavy atom. The summed E-state index contributed by atoms with van der Waals surface area (Å²) in [6, 6.07) is 15.2. The molecular weight excluding hydrogens is 462 g/mol. The van der Waals surface area contributed by atoms with E-state index in [0.29, 0.717) is 0 Å². The van der Waals surface area contributed by atoms with Crippen molar-refractivity contribution < 1.29 is 26.7 Å². The van der Waals surface area contributed by atoms with Crippen molar-refractivity contribution in [1.29, 1.82) is 0 Å². The number of sulfonamides is 1. The summed E-state index contributed by atoms with van der Waals surface area (Å²) in [6.45, 7) is 6.19. The Morgan fingerprint density at radius 2 is 1.65 bits per heavy atom. The first kappa shape index (κ1) is 26.1. The molecule has 9 heteroatoms. The second-order valence-electron chi connectivity index (χ2n) is 9.71. The fourth-order valence-electron chi connectivity index (χ4n) is 4.04. The van der Waals surface area contributed by atoms with Crippen molar-refractivity contribution in [2.75, 3.05) is 0 Å². The largest absolute Gasteiger partial charge is 0.445 e. The lowest BCUT2D eigenvalue weighted by Crippen LogP contribution is -2.54. The van der Waals surface area contributed by atoms with Crippen molar-refractivity contribution in [1.82, 2.24) is 9.62 Å². The van der Waals surface area contributed by atoms with Crippen molar-refractivity contribution in [3.63, 3.8) is 0 Å². The van der Waals surface area contributed by atoms with Crippen LogP contribution in [0.1, 0.15) is 57.7 Å². The van der Waals surface area contributed by atoms with Gasteiger partial charge in [-0.25, -0.2) is 26.7 Å².